The molecule has 1 heterocycles. The smallest absolute Gasteiger partial charge is 0.328 e. The Morgan fingerprint density at radius 2 is 1.74 bits per heavy atom. The Morgan fingerprint density at radius 3 is 2.52 bits per heavy atom. The molecule has 0 spiro atoms. The first-order valence-electron chi connectivity index (χ1n) is 9.78. The first-order valence-corrected chi connectivity index (χ1v) is 9.78. The number of amides is 1. The van der Waals surface area contributed by atoms with E-state index < -0.39 is 5.97 Å². The van der Waals surface area contributed by atoms with Crippen LogP contribution in [0.25, 0.3) is 17.2 Å². The lowest BCUT2D eigenvalue weighted by Gasteiger charge is -2.10. The van der Waals surface area contributed by atoms with Crippen LogP contribution >= 0.6 is 0 Å². The van der Waals surface area contributed by atoms with E-state index in [4.69, 9.17) is 14.6 Å². The zero-order chi connectivity index (χ0) is 21.8. The molecule has 0 unspecified atom stereocenters. The lowest BCUT2D eigenvalue weighted by Crippen LogP contribution is -2.22. The molecule has 0 bridgehead atoms. The zero-order valence-corrected chi connectivity index (χ0v) is 16.9. The van der Waals surface area contributed by atoms with E-state index in [1.54, 1.807) is 12.1 Å². The first-order chi connectivity index (χ1) is 15.0. The highest BCUT2D eigenvalue weighted by molar-refractivity contribution is 5.96. The Labute approximate surface area is 179 Å². The van der Waals surface area contributed by atoms with Gasteiger partial charge in [0, 0.05) is 18.2 Å². The molecular formula is C25H21NO5. The second-order valence-electron chi connectivity index (χ2n) is 7.25. The van der Waals surface area contributed by atoms with Gasteiger partial charge < -0.3 is 19.9 Å². The lowest BCUT2D eigenvalue weighted by atomic mass is 9.98. The van der Waals surface area contributed by atoms with E-state index in [9.17, 15) is 9.59 Å². The molecule has 0 radical (unpaired) electrons. The summed E-state index contributed by atoms with van der Waals surface area (Å²) in [4.78, 5) is 23.8. The minimum Gasteiger partial charge on any atom is -0.478 e. The summed E-state index contributed by atoms with van der Waals surface area (Å²) in [7, 11) is 0. The molecule has 0 aromatic heterocycles. The van der Waals surface area contributed by atoms with Crippen LogP contribution in [0.4, 0.5) is 0 Å². The topological polar surface area (TPSA) is 84.9 Å². The average molecular weight is 415 g/mol. The molecule has 4 rings (SSSR count). The van der Waals surface area contributed by atoms with Crippen LogP contribution in [-0.2, 0) is 11.3 Å². The highest BCUT2D eigenvalue weighted by Gasteiger charge is 2.15. The van der Waals surface area contributed by atoms with Gasteiger partial charge >= 0.3 is 5.97 Å². The summed E-state index contributed by atoms with van der Waals surface area (Å²) in [6.45, 7) is 2.58. The molecule has 1 aliphatic rings. The van der Waals surface area contributed by atoms with Crippen molar-refractivity contribution in [3.05, 3.63) is 89.0 Å². The van der Waals surface area contributed by atoms with Crippen LogP contribution in [0.3, 0.4) is 0 Å². The van der Waals surface area contributed by atoms with Gasteiger partial charge in [-0.05, 0) is 65.6 Å². The van der Waals surface area contributed by atoms with Crippen LogP contribution in [0.5, 0.6) is 11.5 Å². The molecular weight excluding hydrogens is 394 g/mol. The van der Waals surface area contributed by atoms with Crippen LogP contribution in [0, 0.1) is 6.92 Å². The summed E-state index contributed by atoms with van der Waals surface area (Å²) in [6.07, 6.45) is 2.52. The summed E-state index contributed by atoms with van der Waals surface area (Å²) in [5, 5.41) is 11.9. The van der Waals surface area contributed by atoms with Gasteiger partial charge in [0.1, 0.15) is 0 Å². The van der Waals surface area contributed by atoms with Gasteiger partial charge in [0.05, 0.1) is 0 Å². The van der Waals surface area contributed by atoms with Crippen molar-refractivity contribution >= 4 is 18.0 Å². The molecule has 3 aromatic rings. The van der Waals surface area contributed by atoms with Crippen LogP contribution in [0.15, 0.2) is 66.7 Å². The van der Waals surface area contributed by atoms with Gasteiger partial charge in [-0.2, -0.15) is 0 Å². The zero-order valence-electron chi connectivity index (χ0n) is 16.9. The normalized spacial score (nSPS) is 12.2. The van der Waals surface area contributed by atoms with Crippen molar-refractivity contribution in [2.45, 2.75) is 13.5 Å². The van der Waals surface area contributed by atoms with E-state index in [1.807, 2.05) is 55.5 Å². The highest BCUT2D eigenvalue weighted by atomic mass is 16.7. The molecule has 6 heteroatoms. The monoisotopic (exact) mass is 415 g/mol. The van der Waals surface area contributed by atoms with E-state index in [2.05, 4.69) is 5.32 Å². The molecule has 156 valence electrons. The van der Waals surface area contributed by atoms with Crippen LogP contribution in [0.2, 0.25) is 0 Å². The van der Waals surface area contributed by atoms with Gasteiger partial charge in [-0.25, -0.2) is 4.79 Å². The Balaban J connectivity index is 1.63. The molecule has 6 nitrogen and oxygen atoms in total. The molecule has 0 fully saturated rings. The van der Waals surface area contributed by atoms with Gasteiger partial charge in [0.15, 0.2) is 11.5 Å². The van der Waals surface area contributed by atoms with Crippen molar-refractivity contribution in [2.24, 2.45) is 0 Å². The first kappa shape index (κ1) is 20.2. The summed E-state index contributed by atoms with van der Waals surface area (Å²) in [5.74, 6) is 0.00286. The standard InChI is InChI=1S/C25H21NO5/c1-16-2-4-17(5-3-16)14-26-25(29)21-11-18(6-9-24(27)28)10-20(12-21)19-7-8-22-23(13-19)31-15-30-22/h2-13H,14-15H2,1H3,(H,26,29)(H,27,28)/b9-6+. The predicted molar refractivity (Wildman–Crippen MR) is 117 cm³/mol. The van der Waals surface area contributed by atoms with Gasteiger partial charge in [0.25, 0.3) is 5.91 Å². The Morgan fingerprint density at radius 1 is 0.968 bits per heavy atom. The van der Waals surface area contributed by atoms with Crippen molar-refractivity contribution in [1.82, 2.24) is 5.32 Å². The van der Waals surface area contributed by atoms with Gasteiger partial charge in [-0.15, -0.1) is 0 Å². The Hall–Kier alpha value is -4.06. The SMILES string of the molecule is Cc1ccc(CNC(=O)c2cc(/C=C/C(=O)O)cc(-c3ccc4c(c3)OCO4)c2)cc1. The number of aryl methyl sites for hydroxylation is 1. The van der Waals surface area contributed by atoms with E-state index in [-0.39, 0.29) is 12.7 Å². The van der Waals surface area contributed by atoms with Gasteiger partial charge in [-0.1, -0.05) is 35.9 Å². The fourth-order valence-electron chi connectivity index (χ4n) is 3.28. The molecule has 31 heavy (non-hydrogen) atoms. The number of fused-ring (bicyclic) bond motifs is 1. The van der Waals surface area contributed by atoms with Gasteiger partial charge in [0.2, 0.25) is 6.79 Å². The number of carboxylic acid groups (broad SMARTS) is 1. The average Bonchev–Trinajstić information content (AvgIpc) is 3.25. The number of carboxylic acids is 1. The maximum Gasteiger partial charge on any atom is 0.328 e. The second kappa shape index (κ2) is 8.75. The third-order valence-electron chi connectivity index (χ3n) is 4.92. The fraction of sp³-hybridized carbons (Fsp3) is 0.120. The quantitative estimate of drug-likeness (QED) is 0.582. The molecule has 3 aromatic carbocycles. The number of benzene rings is 3. The third kappa shape index (κ3) is 4.93. The van der Waals surface area contributed by atoms with Crippen molar-refractivity contribution in [3.63, 3.8) is 0 Å². The predicted octanol–water partition coefficient (Wildman–Crippen LogP) is 4.42. The highest BCUT2D eigenvalue weighted by Crippen LogP contribution is 2.36. The maximum absolute atomic E-state index is 12.8. The van der Waals surface area contributed by atoms with E-state index in [0.717, 1.165) is 28.3 Å². The van der Waals surface area contributed by atoms with E-state index >= 15 is 0 Å². The van der Waals surface area contributed by atoms with Crippen molar-refractivity contribution in [3.8, 4) is 22.6 Å². The summed E-state index contributed by atoms with van der Waals surface area (Å²) in [5.41, 5.74) is 4.80. The molecule has 0 saturated carbocycles. The maximum atomic E-state index is 12.8. The number of ether oxygens (including phenoxy) is 2. The number of hydrogen-bond donors (Lipinski definition) is 2. The number of carbonyl (C=O) groups excluding carboxylic acids is 1. The second-order valence-corrected chi connectivity index (χ2v) is 7.25. The molecule has 1 aliphatic heterocycles. The summed E-state index contributed by atoms with van der Waals surface area (Å²) in [6, 6.07) is 18.7. The van der Waals surface area contributed by atoms with Gasteiger partial charge in [-0.3, -0.25) is 4.79 Å². The number of aliphatic carboxylic acids is 1. The van der Waals surface area contributed by atoms with Crippen LogP contribution in [-0.4, -0.2) is 23.8 Å². The number of rotatable bonds is 6. The summed E-state index contributed by atoms with van der Waals surface area (Å²) >= 11 is 0. The number of hydrogen-bond acceptors (Lipinski definition) is 4. The van der Waals surface area contributed by atoms with Crippen LogP contribution < -0.4 is 14.8 Å². The van der Waals surface area contributed by atoms with Crippen molar-refractivity contribution < 1.29 is 24.2 Å². The van der Waals surface area contributed by atoms with Crippen LogP contribution in [0.1, 0.15) is 27.0 Å². The molecule has 0 atom stereocenters. The molecule has 0 saturated heterocycles. The number of nitrogens with one attached hydrogen (secondary N) is 1. The fourth-order valence-corrected chi connectivity index (χ4v) is 3.28. The third-order valence-corrected chi connectivity index (χ3v) is 4.92. The van der Waals surface area contributed by atoms with E-state index in [0.29, 0.717) is 29.2 Å². The van der Waals surface area contributed by atoms with Crippen molar-refractivity contribution in [2.75, 3.05) is 6.79 Å². The Kier molecular flexibility index (Phi) is 5.71. The summed E-state index contributed by atoms with van der Waals surface area (Å²) < 4.78 is 10.8. The minimum atomic E-state index is -1.06. The van der Waals surface area contributed by atoms with Crippen molar-refractivity contribution in [1.29, 1.82) is 0 Å². The lowest BCUT2D eigenvalue weighted by molar-refractivity contribution is -0.131. The minimum absolute atomic E-state index is 0.173. The largest absolute Gasteiger partial charge is 0.478 e. The van der Waals surface area contributed by atoms with E-state index in [1.165, 1.54) is 6.08 Å². The number of carbonyl (C=O) groups is 2. The Bertz CT molecular complexity index is 1170. The molecule has 2 N–H and O–H groups in total. The molecule has 1 amide bonds. The molecule has 0 aliphatic carbocycles.